The average Bonchev–Trinajstić information content (AvgIpc) is 2.74. The largest absolute Gasteiger partial charge is 0.382 e. The van der Waals surface area contributed by atoms with E-state index in [-0.39, 0.29) is 11.7 Å². The Morgan fingerprint density at radius 2 is 2.16 bits per heavy atom. The summed E-state index contributed by atoms with van der Waals surface area (Å²) in [6.45, 7) is 1.89. The SMILES string of the molecule is Cc1ccc(NC(=O)c2sc(N(C)C)nc2N)cn1. The highest BCUT2D eigenvalue weighted by molar-refractivity contribution is 7.18. The maximum absolute atomic E-state index is 12.1. The summed E-state index contributed by atoms with van der Waals surface area (Å²) in [7, 11) is 3.70. The van der Waals surface area contributed by atoms with Crippen molar-refractivity contribution in [2.24, 2.45) is 0 Å². The van der Waals surface area contributed by atoms with E-state index in [0.717, 1.165) is 5.69 Å². The van der Waals surface area contributed by atoms with Gasteiger partial charge < -0.3 is 16.0 Å². The smallest absolute Gasteiger partial charge is 0.269 e. The molecule has 100 valence electrons. The number of anilines is 3. The van der Waals surface area contributed by atoms with Crippen LogP contribution in [0.2, 0.25) is 0 Å². The highest BCUT2D eigenvalue weighted by Crippen LogP contribution is 2.27. The lowest BCUT2D eigenvalue weighted by Crippen LogP contribution is -2.12. The number of aryl methyl sites for hydroxylation is 1. The molecule has 6 nitrogen and oxygen atoms in total. The van der Waals surface area contributed by atoms with Crippen molar-refractivity contribution >= 4 is 33.9 Å². The van der Waals surface area contributed by atoms with Crippen molar-refractivity contribution < 1.29 is 4.79 Å². The van der Waals surface area contributed by atoms with Crippen LogP contribution in [0.15, 0.2) is 18.3 Å². The van der Waals surface area contributed by atoms with Crippen molar-refractivity contribution in [1.82, 2.24) is 9.97 Å². The summed E-state index contributed by atoms with van der Waals surface area (Å²) in [6, 6.07) is 3.63. The Kier molecular flexibility index (Phi) is 3.66. The number of hydrogen-bond acceptors (Lipinski definition) is 6. The molecule has 0 saturated carbocycles. The highest BCUT2D eigenvalue weighted by Gasteiger charge is 2.17. The molecule has 0 bridgehead atoms. The van der Waals surface area contributed by atoms with Crippen LogP contribution in [0.5, 0.6) is 0 Å². The Balaban J connectivity index is 2.18. The lowest BCUT2D eigenvalue weighted by atomic mass is 10.3. The second-order valence-corrected chi connectivity index (χ2v) is 5.23. The van der Waals surface area contributed by atoms with Crippen molar-refractivity contribution in [3.63, 3.8) is 0 Å². The molecule has 0 radical (unpaired) electrons. The maximum atomic E-state index is 12.1. The first kappa shape index (κ1) is 13.3. The molecule has 0 aliphatic carbocycles. The summed E-state index contributed by atoms with van der Waals surface area (Å²) in [5, 5.41) is 3.45. The second-order valence-electron chi connectivity index (χ2n) is 4.25. The Morgan fingerprint density at radius 3 is 2.68 bits per heavy atom. The van der Waals surface area contributed by atoms with E-state index in [0.29, 0.717) is 15.7 Å². The number of amides is 1. The van der Waals surface area contributed by atoms with Gasteiger partial charge in [-0.3, -0.25) is 9.78 Å². The Hall–Kier alpha value is -2.15. The molecule has 1 amide bonds. The first-order chi connectivity index (χ1) is 8.97. The van der Waals surface area contributed by atoms with Crippen LogP contribution in [0.4, 0.5) is 16.6 Å². The number of hydrogen-bond donors (Lipinski definition) is 2. The monoisotopic (exact) mass is 277 g/mol. The molecule has 0 saturated heterocycles. The quantitative estimate of drug-likeness (QED) is 0.893. The summed E-state index contributed by atoms with van der Waals surface area (Å²) in [4.78, 5) is 22.6. The number of nitrogens with one attached hydrogen (secondary N) is 1. The van der Waals surface area contributed by atoms with Gasteiger partial charge >= 0.3 is 0 Å². The number of nitrogen functional groups attached to an aromatic ring is 1. The van der Waals surface area contributed by atoms with Crippen LogP contribution in [0.1, 0.15) is 15.4 Å². The molecule has 7 heteroatoms. The van der Waals surface area contributed by atoms with Gasteiger partial charge in [0.05, 0.1) is 11.9 Å². The van der Waals surface area contributed by atoms with Gasteiger partial charge in [0.2, 0.25) is 0 Å². The predicted molar refractivity (Wildman–Crippen MR) is 77.8 cm³/mol. The van der Waals surface area contributed by atoms with E-state index in [1.165, 1.54) is 11.3 Å². The number of pyridine rings is 1. The normalized spacial score (nSPS) is 10.3. The van der Waals surface area contributed by atoms with E-state index >= 15 is 0 Å². The molecule has 0 aliphatic heterocycles. The molecule has 0 fully saturated rings. The van der Waals surface area contributed by atoms with Gasteiger partial charge in [0.25, 0.3) is 5.91 Å². The number of thiazole rings is 1. The number of carbonyl (C=O) groups is 1. The van der Waals surface area contributed by atoms with Crippen LogP contribution in [0, 0.1) is 6.92 Å². The summed E-state index contributed by atoms with van der Waals surface area (Å²) >= 11 is 1.26. The third kappa shape index (κ3) is 3.00. The minimum absolute atomic E-state index is 0.242. The van der Waals surface area contributed by atoms with Crippen molar-refractivity contribution in [2.45, 2.75) is 6.92 Å². The Morgan fingerprint density at radius 1 is 1.42 bits per heavy atom. The standard InChI is InChI=1S/C12H15N5OS/c1-7-4-5-8(6-14-7)15-11(18)9-10(13)16-12(19-9)17(2)3/h4-6H,13H2,1-3H3,(H,15,18). The summed E-state index contributed by atoms with van der Waals surface area (Å²) < 4.78 is 0. The molecule has 0 aromatic carbocycles. The zero-order chi connectivity index (χ0) is 14.0. The van der Waals surface area contributed by atoms with Gasteiger partial charge in [0.1, 0.15) is 10.7 Å². The number of aromatic nitrogens is 2. The van der Waals surface area contributed by atoms with Crippen LogP contribution in [0.25, 0.3) is 0 Å². The highest BCUT2D eigenvalue weighted by atomic mass is 32.1. The maximum Gasteiger partial charge on any atom is 0.269 e. The fourth-order valence-corrected chi connectivity index (χ4v) is 2.21. The van der Waals surface area contributed by atoms with E-state index in [1.807, 2.05) is 32.0 Å². The number of carbonyl (C=O) groups excluding carboxylic acids is 1. The minimum Gasteiger partial charge on any atom is -0.382 e. The molecule has 2 aromatic heterocycles. The lowest BCUT2D eigenvalue weighted by molar-refractivity contribution is 0.103. The third-order valence-electron chi connectivity index (χ3n) is 2.40. The minimum atomic E-state index is -0.270. The second kappa shape index (κ2) is 5.23. The fraction of sp³-hybridized carbons (Fsp3) is 0.250. The molecule has 0 unspecified atom stereocenters. The molecule has 2 rings (SSSR count). The van der Waals surface area contributed by atoms with Crippen LogP contribution < -0.4 is 16.0 Å². The average molecular weight is 277 g/mol. The summed E-state index contributed by atoms with van der Waals surface area (Å²) in [6.07, 6.45) is 1.61. The zero-order valence-electron chi connectivity index (χ0n) is 11.0. The topological polar surface area (TPSA) is 84.1 Å². The van der Waals surface area contributed by atoms with Gasteiger partial charge in [-0.15, -0.1) is 0 Å². The van der Waals surface area contributed by atoms with E-state index < -0.39 is 0 Å². The molecule has 2 heterocycles. The first-order valence-electron chi connectivity index (χ1n) is 5.65. The van der Waals surface area contributed by atoms with E-state index in [9.17, 15) is 4.79 Å². The van der Waals surface area contributed by atoms with E-state index in [1.54, 1.807) is 12.3 Å². The van der Waals surface area contributed by atoms with Crippen molar-refractivity contribution in [3.8, 4) is 0 Å². The molecular formula is C12H15N5OS. The van der Waals surface area contributed by atoms with Crippen molar-refractivity contribution in [2.75, 3.05) is 30.0 Å². The van der Waals surface area contributed by atoms with Crippen LogP contribution >= 0.6 is 11.3 Å². The molecular weight excluding hydrogens is 262 g/mol. The molecule has 19 heavy (non-hydrogen) atoms. The molecule has 3 N–H and O–H groups in total. The fourth-order valence-electron chi connectivity index (χ4n) is 1.40. The van der Waals surface area contributed by atoms with Gasteiger partial charge in [-0.05, 0) is 19.1 Å². The van der Waals surface area contributed by atoms with Crippen molar-refractivity contribution in [1.29, 1.82) is 0 Å². The van der Waals surface area contributed by atoms with Crippen molar-refractivity contribution in [3.05, 3.63) is 28.9 Å². The Bertz CT molecular complexity index is 591. The van der Waals surface area contributed by atoms with Gasteiger partial charge in [-0.25, -0.2) is 4.98 Å². The third-order valence-corrected chi connectivity index (χ3v) is 3.64. The van der Waals surface area contributed by atoms with Crippen LogP contribution in [-0.4, -0.2) is 30.0 Å². The molecule has 0 aliphatic rings. The number of nitrogens with zero attached hydrogens (tertiary/aromatic N) is 3. The van der Waals surface area contributed by atoms with Gasteiger partial charge in [0, 0.05) is 19.8 Å². The molecule has 2 aromatic rings. The summed E-state index contributed by atoms with van der Waals surface area (Å²) in [5.41, 5.74) is 7.28. The number of rotatable bonds is 3. The lowest BCUT2D eigenvalue weighted by Gasteiger charge is -2.05. The zero-order valence-corrected chi connectivity index (χ0v) is 11.8. The summed E-state index contributed by atoms with van der Waals surface area (Å²) in [5.74, 6) is -0.0278. The predicted octanol–water partition coefficient (Wildman–Crippen LogP) is 1.75. The number of nitrogens with two attached hydrogens (primary N) is 1. The van der Waals surface area contributed by atoms with E-state index in [4.69, 9.17) is 5.73 Å². The first-order valence-corrected chi connectivity index (χ1v) is 6.46. The van der Waals surface area contributed by atoms with Crippen LogP contribution in [0.3, 0.4) is 0 Å². The molecule has 0 atom stereocenters. The van der Waals surface area contributed by atoms with Gasteiger partial charge in [-0.1, -0.05) is 11.3 Å². The van der Waals surface area contributed by atoms with Crippen LogP contribution in [-0.2, 0) is 0 Å². The van der Waals surface area contributed by atoms with E-state index in [2.05, 4.69) is 15.3 Å². The Labute approximate surface area is 115 Å². The van der Waals surface area contributed by atoms with Gasteiger partial charge in [-0.2, -0.15) is 0 Å². The molecule has 0 spiro atoms. The van der Waals surface area contributed by atoms with Gasteiger partial charge in [0.15, 0.2) is 5.13 Å².